The summed E-state index contributed by atoms with van der Waals surface area (Å²) in [6, 6.07) is 0.122. The van der Waals surface area contributed by atoms with Gasteiger partial charge in [-0.1, -0.05) is 0 Å². The van der Waals surface area contributed by atoms with Crippen molar-refractivity contribution in [1.29, 1.82) is 0 Å². The number of ether oxygens (including phenoxy) is 2. The number of hydrogen-bond donors (Lipinski definition) is 0. The second-order valence-corrected chi connectivity index (χ2v) is 7.37. The van der Waals surface area contributed by atoms with Crippen LogP contribution in [0.3, 0.4) is 0 Å². The maximum atomic E-state index is 12.1. The molecule has 0 aromatic carbocycles. The SMILES string of the molecule is CN(C)C(=O)N1CCC2(CC1)OCC[C@@H]2CCOCC1CC1. The molecule has 3 fully saturated rings. The van der Waals surface area contributed by atoms with Crippen LogP contribution < -0.4 is 0 Å². The largest absolute Gasteiger partial charge is 0.381 e. The van der Waals surface area contributed by atoms with Crippen LogP contribution in [0.15, 0.2) is 0 Å². The van der Waals surface area contributed by atoms with E-state index in [-0.39, 0.29) is 11.6 Å². The molecule has 0 bridgehead atoms. The number of piperidine rings is 1. The van der Waals surface area contributed by atoms with Crippen molar-refractivity contribution < 1.29 is 14.3 Å². The summed E-state index contributed by atoms with van der Waals surface area (Å²) in [5, 5.41) is 0. The molecule has 3 rings (SSSR count). The number of carbonyl (C=O) groups excluding carboxylic acids is 1. The van der Waals surface area contributed by atoms with Gasteiger partial charge in [0.25, 0.3) is 0 Å². The first kappa shape index (κ1) is 16.1. The summed E-state index contributed by atoms with van der Waals surface area (Å²) >= 11 is 0. The Bertz CT molecular complexity index is 387. The molecular formula is C17H30N2O3. The molecule has 5 nitrogen and oxygen atoms in total. The van der Waals surface area contributed by atoms with E-state index in [0.29, 0.717) is 5.92 Å². The van der Waals surface area contributed by atoms with Crippen molar-refractivity contribution in [3.05, 3.63) is 0 Å². The van der Waals surface area contributed by atoms with Crippen LogP contribution in [-0.4, -0.2) is 68.4 Å². The summed E-state index contributed by atoms with van der Waals surface area (Å²) in [5.74, 6) is 1.44. The van der Waals surface area contributed by atoms with E-state index >= 15 is 0 Å². The zero-order chi connectivity index (χ0) is 15.6. The van der Waals surface area contributed by atoms with E-state index < -0.39 is 0 Å². The van der Waals surface area contributed by atoms with Crippen LogP contribution >= 0.6 is 0 Å². The van der Waals surface area contributed by atoms with Crippen LogP contribution in [0.25, 0.3) is 0 Å². The predicted molar refractivity (Wildman–Crippen MR) is 84.8 cm³/mol. The van der Waals surface area contributed by atoms with Gasteiger partial charge in [-0.2, -0.15) is 0 Å². The molecule has 0 aromatic heterocycles. The fourth-order valence-electron chi connectivity index (χ4n) is 3.86. The minimum absolute atomic E-state index is 0.00599. The number of amides is 2. The minimum atomic E-state index is 0.00599. The lowest BCUT2D eigenvalue weighted by Gasteiger charge is -2.42. The first-order valence-corrected chi connectivity index (χ1v) is 8.79. The first-order chi connectivity index (χ1) is 10.6. The fraction of sp³-hybridized carbons (Fsp3) is 0.941. The topological polar surface area (TPSA) is 42.0 Å². The van der Waals surface area contributed by atoms with Gasteiger partial charge in [0.2, 0.25) is 0 Å². The number of likely N-dealkylation sites (tertiary alicyclic amines) is 1. The van der Waals surface area contributed by atoms with Crippen molar-refractivity contribution in [2.45, 2.75) is 44.1 Å². The van der Waals surface area contributed by atoms with Gasteiger partial charge in [0.05, 0.1) is 5.60 Å². The number of urea groups is 1. The van der Waals surface area contributed by atoms with Gasteiger partial charge in [0.15, 0.2) is 0 Å². The Labute approximate surface area is 133 Å². The van der Waals surface area contributed by atoms with E-state index in [0.717, 1.165) is 64.5 Å². The number of carbonyl (C=O) groups is 1. The Balaban J connectivity index is 1.46. The van der Waals surface area contributed by atoms with Crippen molar-refractivity contribution in [3.63, 3.8) is 0 Å². The van der Waals surface area contributed by atoms with Gasteiger partial charge in [-0.25, -0.2) is 4.79 Å². The average molecular weight is 310 g/mol. The zero-order valence-corrected chi connectivity index (χ0v) is 14.1. The lowest BCUT2D eigenvalue weighted by molar-refractivity contribution is -0.0668. The maximum Gasteiger partial charge on any atom is 0.319 e. The van der Waals surface area contributed by atoms with Crippen molar-refractivity contribution in [1.82, 2.24) is 9.80 Å². The van der Waals surface area contributed by atoms with Gasteiger partial charge in [0, 0.05) is 47.0 Å². The van der Waals surface area contributed by atoms with Gasteiger partial charge in [-0.3, -0.25) is 0 Å². The second kappa shape index (κ2) is 6.75. The van der Waals surface area contributed by atoms with E-state index in [9.17, 15) is 4.79 Å². The van der Waals surface area contributed by atoms with Crippen LogP contribution in [0.5, 0.6) is 0 Å². The third-order valence-electron chi connectivity index (χ3n) is 5.52. The van der Waals surface area contributed by atoms with E-state index in [4.69, 9.17) is 9.47 Å². The van der Waals surface area contributed by atoms with Gasteiger partial charge in [-0.05, 0) is 50.4 Å². The summed E-state index contributed by atoms with van der Waals surface area (Å²) in [5.41, 5.74) is 0.00599. The molecule has 22 heavy (non-hydrogen) atoms. The summed E-state index contributed by atoms with van der Waals surface area (Å²) in [4.78, 5) is 15.7. The molecule has 126 valence electrons. The summed E-state index contributed by atoms with van der Waals surface area (Å²) < 4.78 is 12.0. The van der Waals surface area contributed by atoms with Crippen molar-refractivity contribution >= 4 is 6.03 Å². The molecule has 2 amide bonds. The smallest absolute Gasteiger partial charge is 0.319 e. The first-order valence-electron chi connectivity index (χ1n) is 8.79. The van der Waals surface area contributed by atoms with Crippen LogP contribution in [0, 0.1) is 11.8 Å². The van der Waals surface area contributed by atoms with Gasteiger partial charge in [-0.15, -0.1) is 0 Å². The second-order valence-electron chi connectivity index (χ2n) is 7.37. The molecule has 1 aliphatic carbocycles. The Morgan fingerprint density at radius 1 is 1.27 bits per heavy atom. The minimum Gasteiger partial charge on any atom is -0.381 e. The molecule has 2 heterocycles. The van der Waals surface area contributed by atoms with Crippen LogP contribution in [0.1, 0.15) is 38.5 Å². The van der Waals surface area contributed by atoms with Crippen LogP contribution in [0.4, 0.5) is 4.79 Å². The Hall–Kier alpha value is -0.810. The Kier molecular flexibility index (Phi) is 4.93. The van der Waals surface area contributed by atoms with E-state index in [1.807, 2.05) is 19.0 Å². The maximum absolute atomic E-state index is 12.1. The molecule has 0 N–H and O–H groups in total. The molecule has 1 atom stereocenters. The molecule has 0 unspecified atom stereocenters. The summed E-state index contributed by atoms with van der Waals surface area (Å²) in [7, 11) is 3.64. The fourth-order valence-corrected chi connectivity index (χ4v) is 3.86. The molecule has 2 saturated heterocycles. The highest BCUT2D eigenvalue weighted by molar-refractivity contribution is 5.73. The van der Waals surface area contributed by atoms with Gasteiger partial charge >= 0.3 is 6.03 Å². The molecule has 0 radical (unpaired) electrons. The Morgan fingerprint density at radius 3 is 2.64 bits per heavy atom. The van der Waals surface area contributed by atoms with E-state index in [1.54, 1.807) is 4.90 Å². The highest BCUT2D eigenvalue weighted by Crippen LogP contribution is 2.42. The van der Waals surface area contributed by atoms with Gasteiger partial charge < -0.3 is 19.3 Å². The molecule has 3 aliphatic rings. The third kappa shape index (κ3) is 3.57. The van der Waals surface area contributed by atoms with Crippen molar-refractivity contribution in [2.24, 2.45) is 11.8 Å². The molecule has 0 aromatic rings. The molecule has 5 heteroatoms. The lowest BCUT2D eigenvalue weighted by atomic mass is 9.78. The molecule has 1 saturated carbocycles. The average Bonchev–Trinajstić information content (AvgIpc) is 3.27. The number of nitrogens with zero attached hydrogens (tertiary/aromatic N) is 2. The van der Waals surface area contributed by atoms with Gasteiger partial charge in [0.1, 0.15) is 0 Å². The highest BCUT2D eigenvalue weighted by Gasteiger charge is 2.46. The standard InChI is InChI=1S/C17H30N2O3/c1-18(2)16(20)19-9-7-17(8-10-19)15(6-12-22-17)5-11-21-13-14-3-4-14/h14-15H,3-13H2,1-2H3/t15-/m0/s1. The lowest BCUT2D eigenvalue weighted by Crippen LogP contribution is -2.51. The van der Waals surface area contributed by atoms with Crippen LogP contribution in [0.2, 0.25) is 0 Å². The van der Waals surface area contributed by atoms with E-state index in [1.165, 1.54) is 12.8 Å². The quantitative estimate of drug-likeness (QED) is 0.732. The zero-order valence-electron chi connectivity index (χ0n) is 14.1. The summed E-state index contributed by atoms with van der Waals surface area (Å²) in [6.45, 7) is 4.32. The monoisotopic (exact) mass is 310 g/mol. The predicted octanol–water partition coefficient (Wildman–Crippen LogP) is 2.36. The Morgan fingerprint density at radius 2 is 2.00 bits per heavy atom. The molecule has 1 spiro atoms. The van der Waals surface area contributed by atoms with E-state index in [2.05, 4.69) is 0 Å². The third-order valence-corrected chi connectivity index (χ3v) is 5.52. The number of rotatable bonds is 5. The molecule has 2 aliphatic heterocycles. The van der Waals surface area contributed by atoms with Crippen molar-refractivity contribution in [3.8, 4) is 0 Å². The van der Waals surface area contributed by atoms with Crippen LogP contribution in [-0.2, 0) is 9.47 Å². The highest BCUT2D eigenvalue weighted by atomic mass is 16.5. The normalized spacial score (nSPS) is 27.4. The van der Waals surface area contributed by atoms with Crippen molar-refractivity contribution in [2.75, 3.05) is 47.0 Å². The molecular weight excluding hydrogens is 280 g/mol. The summed E-state index contributed by atoms with van der Waals surface area (Å²) in [6.07, 6.45) is 6.90. The number of hydrogen-bond acceptors (Lipinski definition) is 3.